The molecule has 0 aliphatic rings. The molecule has 1 N–H and O–H groups in total. The van der Waals surface area contributed by atoms with Crippen molar-refractivity contribution in [1.29, 1.82) is 0 Å². The molecule has 0 saturated carbocycles. The fourth-order valence-electron chi connectivity index (χ4n) is 2.64. The lowest BCUT2D eigenvalue weighted by molar-refractivity contribution is 0.168. The zero-order valence-electron chi connectivity index (χ0n) is 15.0. The van der Waals surface area contributed by atoms with Gasteiger partial charge in [-0.1, -0.05) is 45.9 Å². The second kappa shape index (κ2) is 9.39. The standard InChI is InChI=1S/C20H21BrN2O3S/c1-14(24)13-23-19(25)17-12-15(21)8-9-18(17)22-20(23)27-11-5-10-26-16-6-3-2-4-7-16/h2-4,6-9,12,14,24H,5,10-11,13H2,1H3. The van der Waals surface area contributed by atoms with E-state index in [0.717, 1.165) is 22.4 Å². The maximum atomic E-state index is 12.9. The van der Waals surface area contributed by atoms with Crippen molar-refractivity contribution in [1.82, 2.24) is 9.55 Å². The predicted molar refractivity (Wildman–Crippen MR) is 113 cm³/mol. The summed E-state index contributed by atoms with van der Waals surface area (Å²) in [5.74, 6) is 1.61. The maximum absolute atomic E-state index is 12.9. The molecular formula is C20H21BrN2O3S. The van der Waals surface area contributed by atoms with Crippen LogP contribution in [0.15, 0.2) is 63.0 Å². The SMILES string of the molecule is CC(O)Cn1c(SCCCOc2ccccc2)nc2ccc(Br)cc2c1=O. The first-order chi connectivity index (χ1) is 13.0. The van der Waals surface area contributed by atoms with Crippen LogP contribution in [0.25, 0.3) is 10.9 Å². The van der Waals surface area contributed by atoms with Crippen LogP contribution in [0.4, 0.5) is 0 Å². The zero-order chi connectivity index (χ0) is 19.2. The van der Waals surface area contributed by atoms with Crippen molar-refractivity contribution < 1.29 is 9.84 Å². The number of halogens is 1. The number of hydrogen-bond acceptors (Lipinski definition) is 5. The van der Waals surface area contributed by atoms with Crippen molar-refractivity contribution in [3.05, 3.63) is 63.4 Å². The topological polar surface area (TPSA) is 64.3 Å². The first-order valence-electron chi connectivity index (χ1n) is 8.73. The highest BCUT2D eigenvalue weighted by molar-refractivity contribution is 9.10. The van der Waals surface area contributed by atoms with Gasteiger partial charge < -0.3 is 9.84 Å². The maximum Gasteiger partial charge on any atom is 0.262 e. The van der Waals surface area contributed by atoms with Gasteiger partial charge in [0.25, 0.3) is 5.56 Å². The lowest BCUT2D eigenvalue weighted by atomic mass is 10.2. The van der Waals surface area contributed by atoms with Crippen LogP contribution in [0.5, 0.6) is 5.75 Å². The van der Waals surface area contributed by atoms with Crippen molar-refractivity contribution in [2.75, 3.05) is 12.4 Å². The second-order valence-corrected chi connectivity index (χ2v) is 8.16. The molecule has 3 rings (SSSR count). The minimum Gasteiger partial charge on any atom is -0.494 e. The minimum atomic E-state index is -0.630. The summed E-state index contributed by atoms with van der Waals surface area (Å²) in [6.07, 6.45) is 0.192. The van der Waals surface area contributed by atoms with Gasteiger partial charge in [0.15, 0.2) is 5.16 Å². The molecule has 2 aromatic carbocycles. The number of ether oxygens (including phenoxy) is 1. The lowest BCUT2D eigenvalue weighted by Gasteiger charge is -2.14. The molecule has 0 saturated heterocycles. The molecule has 0 aliphatic heterocycles. The molecule has 1 atom stereocenters. The second-order valence-electron chi connectivity index (χ2n) is 6.18. The Hall–Kier alpha value is -1.83. The van der Waals surface area contributed by atoms with Crippen molar-refractivity contribution in [2.45, 2.75) is 31.1 Å². The van der Waals surface area contributed by atoms with Crippen LogP contribution in [0.1, 0.15) is 13.3 Å². The average Bonchev–Trinajstić information content (AvgIpc) is 2.65. The number of thioether (sulfide) groups is 1. The monoisotopic (exact) mass is 448 g/mol. The van der Waals surface area contributed by atoms with Gasteiger partial charge in [0.05, 0.1) is 30.2 Å². The van der Waals surface area contributed by atoms with E-state index in [1.165, 1.54) is 11.8 Å². The molecule has 1 unspecified atom stereocenters. The summed E-state index contributed by atoms with van der Waals surface area (Å²) in [7, 11) is 0. The van der Waals surface area contributed by atoms with Gasteiger partial charge >= 0.3 is 0 Å². The highest BCUT2D eigenvalue weighted by Crippen LogP contribution is 2.21. The van der Waals surface area contributed by atoms with Crippen molar-refractivity contribution in [3.63, 3.8) is 0 Å². The van der Waals surface area contributed by atoms with E-state index in [1.54, 1.807) is 17.6 Å². The first kappa shape index (κ1) is 19.9. The molecule has 142 valence electrons. The van der Waals surface area contributed by atoms with Crippen LogP contribution >= 0.6 is 27.7 Å². The summed E-state index contributed by atoms with van der Waals surface area (Å²) in [4.78, 5) is 17.5. The van der Waals surface area contributed by atoms with E-state index in [2.05, 4.69) is 20.9 Å². The Bertz CT molecular complexity index is 961. The van der Waals surface area contributed by atoms with Gasteiger partial charge in [-0.25, -0.2) is 4.98 Å². The normalized spacial score (nSPS) is 12.3. The van der Waals surface area contributed by atoms with Gasteiger partial charge in [-0.3, -0.25) is 9.36 Å². The van der Waals surface area contributed by atoms with E-state index in [4.69, 9.17) is 4.74 Å². The number of para-hydroxylation sites is 1. The van der Waals surface area contributed by atoms with Crippen molar-refractivity contribution in [2.24, 2.45) is 0 Å². The van der Waals surface area contributed by atoms with Gasteiger partial charge in [-0.2, -0.15) is 0 Å². The van der Waals surface area contributed by atoms with E-state index in [-0.39, 0.29) is 12.1 Å². The predicted octanol–water partition coefficient (Wildman–Crippen LogP) is 4.10. The fraction of sp³-hybridized carbons (Fsp3) is 0.300. The third-order valence-corrected chi connectivity index (χ3v) is 5.42. The third-order valence-electron chi connectivity index (χ3n) is 3.86. The Morgan fingerprint density at radius 2 is 2.04 bits per heavy atom. The number of aromatic nitrogens is 2. The Kier molecular flexibility index (Phi) is 6.93. The number of aliphatic hydroxyl groups excluding tert-OH is 1. The highest BCUT2D eigenvalue weighted by atomic mass is 79.9. The third kappa shape index (κ3) is 5.34. The molecule has 3 aromatic rings. The Morgan fingerprint density at radius 3 is 2.78 bits per heavy atom. The van der Waals surface area contributed by atoms with Crippen LogP contribution in [-0.2, 0) is 6.54 Å². The molecule has 27 heavy (non-hydrogen) atoms. The lowest BCUT2D eigenvalue weighted by Crippen LogP contribution is -2.28. The highest BCUT2D eigenvalue weighted by Gasteiger charge is 2.13. The Labute approximate surface area is 170 Å². The molecule has 0 aliphatic carbocycles. The van der Waals surface area contributed by atoms with Crippen LogP contribution in [-0.4, -0.2) is 33.1 Å². The molecule has 1 heterocycles. The van der Waals surface area contributed by atoms with Crippen LogP contribution in [0, 0.1) is 0 Å². The van der Waals surface area contributed by atoms with Gasteiger partial charge in [-0.15, -0.1) is 0 Å². The zero-order valence-corrected chi connectivity index (χ0v) is 17.4. The molecule has 0 radical (unpaired) electrons. The summed E-state index contributed by atoms with van der Waals surface area (Å²) < 4.78 is 8.09. The Morgan fingerprint density at radius 1 is 1.26 bits per heavy atom. The number of fused-ring (bicyclic) bond motifs is 1. The summed E-state index contributed by atoms with van der Waals surface area (Å²) in [6.45, 7) is 2.48. The number of rotatable bonds is 8. The largest absolute Gasteiger partial charge is 0.494 e. The molecular weight excluding hydrogens is 428 g/mol. The summed E-state index contributed by atoms with van der Waals surface area (Å²) in [5.41, 5.74) is 0.526. The number of aliphatic hydroxyl groups is 1. The molecule has 1 aromatic heterocycles. The smallest absolute Gasteiger partial charge is 0.262 e. The van der Waals surface area contributed by atoms with Gasteiger partial charge in [0.2, 0.25) is 0 Å². The van der Waals surface area contributed by atoms with Crippen LogP contribution in [0.3, 0.4) is 0 Å². The Balaban J connectivity index is 1.72. The van der Waals surface area contributed by atoms with Gasteiger partial charge in [-0.05, 0) is 43.7 Å². The van der Waals surface area contributed by atoms with Gasteiger partial charge in [0, 0.05) is 10.2 Å². The quantitative estimate of drug-likeness (QED) is 0.319. The summed E-state index contributed by atoms with van der Waals surface area (Å²) >= 11 is 4.90. The molecule has 0 spiro atoms. The van der Waals surface area contributed by atoms with Crippen molar-refractivity contribution >= 4 is 38.6 Å². The van der Waals surface area contributed by atoms with Crippen LogP contribution in [0.2, 0.25) is 0 Å². The molecule has 0 fully saturated rings. The fourth-order valence-corrected chi connectivity index (χ4v) is 3.92. The van der Waals surface area contributed by atoms with Gasteiger partial charge in [0.1, 0.15) is 5.75 Å². The van der Waals surface area contributed by atoms with E-state index < -0.39 is 6.10 Å². The minimum absolute atomic E-state index is 0.134. The molecule has 7 heteroatoms. The van der Waals surface area contributed by atoms with Crippen molar-refractivity contribution in [3.8, 4) is 5.75 Å². The first-order valence-corrected chi connectivity index (χ1v) is 10.5. The van der Waals surface area contributed by atoms with E-state index >= 15 is 0 Å². The molecule has 5 nitrogen and oxygen atoms in total. The molecule has 0 amide bonds. The average molecular weight is 449 g/mol. The number of benzene rings is 2. The molecule has 0 bridgehead atoms. The number of nitrogens with zero attached hydrogens (tertiary/aromatic N) is 2. The van der Waals surface area contributed by atoms with E-state index in [1.807, 2.05) is 42.5 Å². The summed E-state index contributed by atoms with van der Waals surface area (Å²) in [5, 5.41) is 11.0. The van der Waals surface area contributed by atoms with Crippen LogP contribution < -0.4 is 10.3 Å². The number of hydrogen-bond donors (Lipinski definition) is 1. The summed E-state index contributed by atoms with van der Waals surface area (Å²) in [6, 6.07) is 15.2. The van der Waals surface area contributed by atoms with E-state index in [9.17, 15) is 9.90 Å². The van der Waals surface area contributed by atoms with E-state index in [0.29, 0.717) is 22.7 Å².